The van der Waals surface area contributed by atoms with Crippen LogP contribution in [0.15, 0.2) is 47.3 Å². The van der Waals surface area contributed by atoms with E-state index in [1.165, 1.54) is 13.2 Å². The molecule has 0 aliphatic carbocycles. The van der Waals surface area contributed by atoms with Crippen molar-refractivity contribution in [2.24, 2.45) is 0 Å². The van der Waals surface area contributed by atoms with E-state index in [1.54, 1.807) is 23.1 Å². The van der Waals surface area contributed by atoms with Crippen LogP contribution in [0.2, 0.25) is 0 Å². The van der Waals surface area contributed by atoms with Crippen molar-refractivity contribution in [1.29, 1.82) is 0 Å². The highest BCUT2D eigenvalue weighted by Crippen LogP contribution is 2.21. The second kappa shape index (κ2) is 7.67. The molecule has 2 aromatic heterocycles. The third-order valence-electron chi connectivity index (χ3n) is 4.76. The molecule has 1 aliphatic rings. The lowest BCUT2D eigenvalue weighted by atomic mass is 10.0. The summed E-state index contributed by atoms with van der Waals surface area (Å²) >= 11 is 0. The summed E-state index contributed by atoms with van der Waals surface area (Å²) < 4.78 is 10.9. The SMILES string of the molecule is COc1ccc(OC2CCCN(C(=O)c3cc(=O)[nH]c4ccccc34)C2)nn1. The molecule has 0 bridgehead atoms. The van der Waals surface area contributed by atoms with Gasteiger partial charge in [0, 0.05) is 35.6 Å². The van der Waals surface area contributed by atoms with Crippen LogP contribution in [0.5, 0.6) is 11.8 Å². The number of carbonyl (C=O) groups excluding carboxylic acids is 1. The maximum Gasteiger partial charge on any atom is 0.254 e. The highest BCUT2D eigenvalue weighted by atomic mass is 16.5. The molecule has 1 aromatic carbocycles. The minimum absolute atomic E-state index is 0.170. The minimum atomic E-state index is -0.291. The number of nitrogens with zero attached hydrogens (tertiary/aromatic N) is 3. The average Bonchev–Trinajstić information content (AvgIpc) is 2.73. The molecule has 28 heavy (non-hydrogen) atoms. The standard InChI is InChI=1S/C20H20N4O4/c1-27-18-8-9-19(23-22-18)28-13-5-4-10-24(12-13)20(26)15-11-17(25)21-16-7-3-2-6-14(15)16/h2-3,6-9,11,13H,4-5,10,12H2,1H3,(H,21,25). The van der Waals surface area contributed by atoms with Crippen molar-refractivity contribution in [3.05, 3.63) is 58.4 Å². The van der Waals surface area contributed by atoms with Crippen molar-refractivity contribution in [1.82, 2.24) is 20.1 Å². The van der Waals surface area contributed by atoms with Gasteiger partial charge in [-0.05, 0) is 18.9 Å². The second-order valence-corrected chi connectivity index (χ2v) is 6.64. The number of carbonyl (C=O) groups is 1. The Kier molecular flexibility index (Phi) is 4.92. The Labute approximate surface area is 161 Å². The summed E-state index contributed by atoms with van der Waals surface area (Å²) in [7, 11) is 1.52. The zero-order chi connectivity index (χ0) is 19.5. The molecule has 1 saturated heterocycles. The number of benzene rings is 1. The molecule has 8 heteroatoms. The molecule has 4 rings (SSSR count). The van der Waals surface area contributed by atoms with E-state index < -0.39 is 0 Å². The van der Waals surface area contributed by atoms with Gasteiger partial charge in [-0.2, -0.15) is 0 Å². The average molecular weight is 380 g/mol. The third-order valence-corrected chi connectivity index (χ3v) is 4.76. The third kappa shape index (κ3) is 3.66. The van der Waals surface area contributed by atoms with Crippen molar-refractivity contribution in [3.63, 3.8) is 0 Å². The highest BCUT2D eigenvalue weighted by molar-refractivity contribution is 6.05. The number of amides is 1. The molecule has 1 N–H and O–H groups in total. The molecule has 3 heterocycles. The van der Waals surface area contributed by atoms with Gasteiger partial charge in [-0.1, -0.05) is 18.2 Å². The van der Waals surface area contributed by atoms with Crippen molar-refractivity contribution in [2.45, 2.75) is 18.9 Å². The van der Waals surface area contributed by atoms with E-state index in [2.05, 4.69) is 15.2 Å². The molecule has 3 aromatic rings. The van der Waals surface area contributed by atoms with E-state index in [-0.39, 0.29) is 17.6 Å². The van der Waals surface area contributed by atoms with Gasteiger partial charge in [-0.25, -0.2) is 0 Å². The van der Waals surface area contributed by atoms with Gasteiger partial charge >= 0.3 is 0 Å². The molecule has 1 aliphatic heterocycles. The number of fused-ring (bicyclic) bond motifs is 1. The minimum Gasteiger partial charge on any atom is -0.480 e. The van der Waals surface area contributed by atoms with Crippen LogP contribution in [0.4, 0.5) is 0 Å². The van der Waals surface area contributed by atoms with E-state index in [4.69, 9.17) is 9.47 Å². The zero-order valence-corrected chi connectivity index (χ0v) is 15.4. The Hall–Kier alpha value is -3.42. The number of likely N-dealkylation sites (tertiary alicyclic amines) is 1. The summed E-state index contributed by atoms with van der Waals surface area (Å²) in [4.78, 5) is 29.6. The first-order valence-corrected chi connectivity index (χ1v) is 9.10. The fourth-order valence-corrected chi connectivity index (χ4v) is 3.42. The largest absolute Gasteiger partial charge is 0.480 e. The molecule has 1 amide bonds. The van der Waals surface area contributed by atoms with Gasteiger partial charge in [0.2, 0.25) is 17.3 Å². The van der Waals surface area contributed by atoms with E-state index in [1.807, 2.05) is 18.2 Å². The van der Waals surface area contributed by atoms with E-state index in [9.17, 15) is 9.59 Å². The van der Waals surface area contributed by atoms with Gasteiger partial charge in [0.1, 0.15) is 6.10 Å². The lowest BCUT2D eigenvalue weighted by molar-refractivity contribution is 0.0526. The number of aromatic nitrogens is 3. The molecule has 1 unspecified atom stereocenters. The van der Waals surface area contributed by atoms with Gasteiger partial charge in [0.25, 0.3) is 5.91 Å². The fraction of sp³-hybridized carbons (Fsp3) is 0.300. The smallest absolute Gasteiger partial charge is 0.254 e. The normalized spacial score (nSPS) is 16.8. The Bertz CT molecular complexity index is 1050. The number of pyridine rings is 1. The molecule has 1 atom stereocenters. The molecular weight excluding hydrogens is 360 g/mol. The summed E-state index contributed by atoms with van der Waals surface area (Å²) in [5.74, 6) is 0.632. The lowest BCUT2D eigenvalue weighted by Gasteiger charge is -2.32. The van der Waals surface area contributed by atoms with Crippen LogP contribution in [-0.4, -0.2) is 52.3 Å². The van der Waals surface area contributed by atoms with Crippen LogP contribution in [0.25, 0.3) is 10.9 Å². The second-order valence-electron chi connectivity index (χ2n) is 6.64. The summed E-state index contributed by atoms with van der Waals surface area (Å²) in [6.45, 7) is 1.04. The quantitative estimate of drug-likeness (QED) is 0.744. The predicted molar refractivity (Wildman–Crippen MR) is 103 cm³/mol. The highest BCUT2D eigenvalue weighted by Gasteiger charge is 2.27. The molecule has 0 saturated carbocycles. The number of rotatable bonds is 4. The summed E-state index contributed by atoms with van der Waals surface area (Å²) in [5, 5.41) is 8.60. The van der Waals surface area contributed by atoms with Gasteiger partial charge in [-0.3, -0.25) is 9.59 Å². The Morgan fingerprint density at radius 2 is 1.96 bits per heavy atom. The predicted octanol–water partition coefficient (Wildman–Crippen LogP) is 2.01. The molecule has 0 radical (unpaired) electrons. The van der Waals surface area contributed by atoms with Gasteiger partial charge < -0.3 is 19.4 Å². The maximum absolute atomic E-state index is 13.1. The maximum atomic E-state index is 13.1. The first-order chi connectivity index (χ1) is 13.6. The number of hydrogen-bond donors (Lipinski definition) is 1. The Morgan fingerprint density at radius 1 is 1.18 bits per heavy atom. The van der Waals surface area contributed by atoms with Crippen LogP contribution in [0.3, 0.4) is 0 Å². The molecule has 0 spiro atoms. The zero-order valence-electron chi connectivity index (χ0n) is 15.4. The Morgan fingerprint density at radius 3 is 2.75 bits per heavy atom. The molecular formula is C20H20N4O4. The number of hydrogen-bond acceptors (Lipinski definition) is 6. The molecule has 144 valence electrons. The van der Waals surface area contributed by atoms with Crippen molar-refractivity contribution < 1.29 is 14.3 Å². The monoisotopic (exact) mass is 380 g/mol. The van der Waals surface area contributed by atoms with Crippen molar-refractivity contribution in [2.75, 3.05) is 20.2 Å². The van der Waals surface area contributed by atoms with E-state index >= 15 is 0 Å². The lowest BCUT2D eigenvalue weighted by Crippen LogP contribution is -2.44. The number of methoxy groups -OCH3 is 1. The van der Waals surface area contributed by atoms with Crippen LogP contribution in [-0.2, 0) is 0 Å². The number of H-pyrrole nitrogens is 1. The van der Waals surface area contributed by atoms with Crippen molar-refractivity contribution in [3.8, 4) is 11.8 Å². The van der Waals surface area contributed by atoms with Crippen LogP contribution in [0.1, 0.15) is 23.2 Å². The fourth-order valence-electron chi connectivity index (χ4n) is 3.42. The van der Waals surface area contributed by atoms with Crippen molar-refractivity contribution >= 4 is 16.8 Å². The summed E-state index contributed by atoms with van der Waals surface area (Å²) in [6, 6.07) is 12.0. The number of ether oxygens (including phenoxy) is 2. The Balaban J connectivity index is 1.53. The van der Waals surface area contributed by atoms with E-state index in [0.717, 1.165) is 18.2 Å². The summed E-state index contributed by atoms with van der Waals surface area (Å²) in [5.41, 5.74) is 0.765. The van der Waals surface area contributed by atoms with Crippen LogP contribution < -0.4 is 15.0 Å². The first-order valence-electron chi connectivity index (χ1n) is 9.10. The van der Waals surface area contributed by atoms with Crippen LogP contribution in [0, 0.1) is 0 Å². The molecule has 1 fully saturated rings. The van der Waals surface area contributed by atoms with Crippen LogP contribution >= 0.6 is 0 Å². The molecule has 8 nitrogen and oxygen atoms in total. The van der Waals surface area contributed by atoms with Gasteiger partial charge in [0.15, 0.2) is 0 Å². The number of nitrogens with one attached hydrogen (secondary N) is 1. The number of para-hydroxylation sites is 1. The topological polar surface area (TPSA) is 97.4 Å². The van der Waals surface area contributed by atoms with E-state index in [0.29, 0.717) is 35.9 Å². The number of aromatic amines is 1. The first kappa shape index (κ1) is 18.0. The summed E-state index contributed by atoms with van der Waals surface area (Å²) in [6.07, 6.45) is 1.43. The van der Waals surface area contributed by atoms with Gasteiger partial charge in [0.05, 0.1) is 19.2 Å². The number of piperidine rings is 1. The van der Waals surface area contributed by atoms with Gasteiger partial charge in [-0.15, -0.1) is 10.2 Å².